The average molecular weight is 270 g/mol. The highest BCUT2D eigenvalue weighted by molar-refractivity contribution is 5.80. The van der Waals surface area contributed by atoms with Gasteiger partial charge in [-0.3, -0.25) is 0 Å². The third kappa shape index (κ3) is 2.10. The number of fused-ring (bicyclic) bond motifs is 1. The van der Waals surface area contributed by atoms with Crippen molar-refractivity contribution in [1.29, 1.82) is 0 Å². The van der Waals surface area contributed by atoms with Gasteiger partial charge in [0.2, 0.25) is 0 Å². The monoisotopic (exact) mass is 270 g/mol. The van der Waals surface area contributed by atoms with E-state index in [2.05, 4.69) is 32.3 Å². The minimum atomic E-state index is 0.735. The van der Waals surface area contributed by atoms with Gasteiger partial charge in [-0.1, -0.05) is 5.16 Å². The van der Waals surface area contributed by atoms with E-state index in [0.717, 1.165) is 35.8 Å². The predicted molar refractivity (Wildman–Crippen MR) is 77.6 cm³/mol. The molecule has 3 aromatic rings. The Kier molecular flexibility index (Phi) is 3.28. The van der Waals surface area contributed by atoms with Gasteiger partial charge in [0, 0.05) is 29.9 Å². The minimum absolute atomic E-state index is 0.735. The van der Waals surface area contributed by atoms with Gasteiger partial charge >= 0.3 is 0 Å². The van der Waals surface area contributed by atoms with Crippen molar-refractivity contribution in [3.63, 3.8) is 0 Å². The molecule has 0 saturated carbocycles. The molecule has 0 bridgehead atoms. The highest BCUT2D eigenvalue weighted by Gasteiger charge is 2.13. The minimum Gasteiger partial charge on any atom is -0.361 e. The van der Waals surface area contributed by atoms with E-state index >= 15 is 0 Å². The average Bonchev–Trinajstić information content (AvgIpc) is 2.96. The maximum Gasteiger partial charge on any atom is 0.140 e. The first kappa shape index (κ1) is 12.9. The van der Waals surface area contributed by atoms with Crippen LogP contribution in [0.1, 0.15) is 22.6 Å². The van der Waals surface area contributed by atoms with Crippen LogP contribution < -0.4 is 5.32 Å². The zero-order chi connectivity index (χ0) is 14.1. The van der Waals surface area contributed by atoms with Gasteiger partial charge in [0.25, 0.3) is 0 Å². The van der Waals surface area contributed by atoms with E-state index in [1.807, 2.05) is 33.2 Å². The van der Waals surface area contributed by atoms with Crippen molar-refractivity contribution in [3.05, 3.63) is 47.1 Å². The third-order valence-electron chi connectivity index (χ3n) is 3.59. The number of pyridine rings is 1. The molecule has 0 aliphatic heterocycles. The largest absolute Gasteiger partial charge is 0.361 e. The van der Waals surface area contributed by atoms with Gasteiger partial charge < -0.3 is 14.4 Å². The highest BCUT2D eigenvalue weighted by Crippen LogP contribution is 2.22. The van der Waals surface area contributed by atoms with E-state index in [0.29, 0.717) is 0 Å². The molecule has 3 heterocycles. The summed E-state index contributed by atoms with van der Waals surface area (Å²) in [6.45, 7) is 5.48. The van der Waals surface area contributed by atoms with Crippen molar-refractivity contribution in [2.45, 2.75) is 26.9 Å². The number of nitrogens with zero attached hydrogens (tertiary/aromatic N) is 3. The molecule has 5 nitrogen and oxygen atoms in total. The molecule has 0 aromatic carbocycles. The number of aromatic nitrogens is 3. The lowest BCUT2D eigenvalue weighted by atomic mass is 10.2. The van der Waals surface area contributed by atoms with Crippen LogP contribution in [0.5, 0.6) is 0 Å². The summed E-state index contributed by atoms with van der Waals surface area (Å²) in [5.74, 6) is 0.871. The molecule has 104 valence electrons. The second-order valence-corrected chi connectivity index (χ2v) is 4.99. The molecule has 0 saturated heterocycles. The normalized spacial score (nSPS) is 11.3. The number of hydrogen-bond donors (Lipinski definition) is 1. The number of hydrogen-bond acceptors (Lipinski definition) is 4. The summed E-state index contributed by atoms with van der Waals surface area (Å²) < 4.78 is 7.40. The van der Waals surface area contributed by atoms with Crippen LogP contribution in [0.15, 0.2) is 29.0 Å². The Morgan fingerprint density at radius 2 is 2.20 bits per heavy atom. The summed E-state index contributed by atoms with van der Waals surface area (Å²) in [7, 11) is 1.95. The van der Waals surface area contributed by atoms with Crippen molar-refractivity contribution in [3.8, 4) is 0 Å². The number of rotatable bonds is 4. The molecule has 5 heteroatoms. The van der Waals surface area contributed by atoms with Gasteiger partial charge in [-0.15, -0.1) is 0 Å². The fraction of sp³-hybridized carbons (Fsp3) is 0.333. The van der Waals surface area contributed by atoms with E-state index in [-0.39, 0.29) is 0 Å². The van der Waals surface area contributed by atoms with Crippen molar-refractivity contribution >= 4 is 11.0 Å². The highest BCUT2D eigenvalue weighted by atomic mass is 16.5. The van der Waals surface area contributed by atoms with Crippen LogP contribution in [0, 0.1) is 13.8 Å². The summed E-state index contributed by atoms with van der Waals surface area (Å²) in [6.07, 6.45) is 3.98. The van der Waals surface area contributed by atoms with E-state index in [9.17, 15) is 0 Å². The van der Waals surface area contributed by atoms with Crippen LogP contribution >= 0.6 is 0 Å². The van der Waals surface area contributed by atoms with Gasteiger partial charge in [0.15, 0.2) is 0 Å². The molecule has 0 aliphatic rings. The third-order valence-corrected chi connectivity index (χ3v) is 3.59. The number of nitrogens with one attached hydrogen (secondary N) is 1. The second kappa shape index (κ2) is 5.09. The van der Waals surface area contributed by atoms with E-state index in [1.54, 1.807) is 0 Å². The molecule has 0 spiro atoms. The van der Waals surface area contributed by atoms with Crippen molar-refractivity contribution < 1.29 is 4.52 Å². The van der Waals surface area contributed by atoms with Crippen molar-refractivity contribution in [2.24, 2.45) is 0 Å². The quantitative estimate of drug-likeness (QED) is 0.791. The smallest absolute Gasteiger partial charge is 0.140 e. The van der Waals surface area contributed by atoms with Crippen LogP contribution in [0.3, 0.4) is 0 Å². The first-order valence-electron chi connectivity index (χ1n) is 6.69. The lowest BCUT2D eigenvalue weighted by Gasteiger charge is -2.03. The topological polar surface area (TPSA) is 55.9 Å². The summed E-state index contributed by atoms with van der Waals surface area (Å²) in [6, 6.07) is 4.08. The van der Waals surface area contributed by atoms with Crippen LogP contribution in [0.4, 0.5) is 0 Å². The zero-order valence-corrected chi connectivity index (χ0v) is 12.0. The van der Waals surface area contributed by atoms with Gasteiger partial charge in [-0.05, 0) is 38.6 Å². The lowest BCUT2D eigenvalue weighted by molar-refractivity contribution is 0.392. The second-order valence-electron chi connectivity index (χ2n) is 4.99. The molecular formula is C15H18N4O. The standard InChI is InChI=1S/C15H18N4O/c1-10-14(11(2)20-18-10)9-19-8-12(7-16-3)13-5-4-6-17-15(13)19/h4-6,8,16H,7,9H2,1-3H3. The predicted octanol–water partition coefficient (Wildman–Crippen LogP) is 2.41. The molecule has 0 fully saturated rings. The molecule has 3 rings (SSSR count). The maximum absolute atomic E-state index is 5.24. The summed E-state index contributed by atoms with van der Waals surface area (Å²) in [5.41, 5.74) is 4.32. The molecule has 20 heavy (non-hydrogen) atoms. The Labute approximate surface area is 117 Å². The van der Waals surface area contributed by atoms with Gasteiger partial charge in [-0.25, -0.2) is 4.98 Å². The number of aryl methyl sites for hydroxylation is 2. The molecule has 0 amide bonds. The molecular weight excluding hydrogens is 252 g/mol. The van der Waals surface area contributed by atoms with E-state index < -0.39 is 0 Å². The first-order chi connectivity index (χ1) is 9.70. The van der Waals surface area contributed by atoms with Crippen LogP contribution in [0.25, 0.3) is 11.0 Å². The molecule has 0 atom stereocenters. The van der Waals surface area contributed by atoms with Gasteiger partial charge in [0.05, 0.1) is 12.2 Å². The lowest BCUT2D eigenvalue weighted by Crippen LogP contribution is -2.04. The van der Waals surface area contributed by atoms with Gasteiger partial charge in [-0.2, -0.15) is 0 Å². The Balaban J connectivity index is 2.08. The molecule has 0 radical (unpaired) electrons. The zero-order valence-electron chi connectivity index (χ0n) is 12.0. The van der Waals surface area contributed by atoms with E-state index in [4.69, 9.17) is 4.52 Å². The van der Waals surface area contributed by atoms with E-state index in [1.165, 1.54) is 10.9 Å². The molecule has 3 aromatic heterocycles. The SMILES string of the molecule is CNCc1cn(Cc2c(C)noc2C)c2ncccc12. The van der Waals surface area contributed by atoms with Crippen LogP contribution in [-0.4, -0.2) is 21.8 Å². The summed E-state index contributed by atoms with van der Waals surface area (Å²) in [5, 5.41) is 8.40. The van der Waals surface area contributed by atoms with Crippen LogP contribution in [-0.2, 0) is 13.1 Å². The molecule has 0 unspecified atom stereocenters. The maximum atomic E-state index is 5.24. The van der Waals surface area contributed by atoms with Crippen LogP contribution in [0.2, 0.25) is 0 Å². The molecule has 0 aliphatic carbocycles. The Hall–Kier alpha value is -2.14. The van der Waals surface area contributed by atoms with Crippen molar-refractivity contribution in [2.75, 3.05) is 7.05 Å². The Bertz CT molecular complexity index is 722. The van der Waals surface area contributed by atoms with Gasteiger partial charge in [0.1, 0.15) is 11.4 Å². The molecule has 1 N–H and O–H groups in total. The summed E-state index contributed by atoms with van der Waals surface area (Å²) in [4.78, 5) is 4.51. The Morgan fingerprint density at radius 1 is 1.35 bits per heavy atom. The summed E-state index contributed by atoms with van der Waals surface area (Å²) >= 11 is 0. The first-order valence-corrected chi connectivity index (χ1v) is 6.69. The van der Waals surface area contributed by atoms with Crippen molar-refractivity contribution in [1.82, 2.24) is 20.0 Å². The Morgan fingerprint density at radius 3 is 2.90 bits per heavy atom. The fourth-order valence-corrected chi connectivity index (χ4v) is 2.55. The fourth-order valence-electron chi connectivity index (χ4n) is 2.55.